The van der Waals surface area contributed by atoms with E-state index in [4.69, 9.17) is 4.74 Å². The number of carbonyl (C=O) groups excluding carboxylic acids is 2. The lowest BCUT2D eigenvalue weighted by Gasteiger charge is -2.18. The maximum absolute atomic E-state index is 13.6. The van der Waals surface area contributed by atoms with Crippen LogP contribution in [0.15, 0.2) is 54.7 Å². The molecule has 1 amide bonds. The molecule has 0 fully saturated rings. The Morgan fingerprint density at radius 3 is 2.23 bits per heavy atom. The molecule has 0 N–H and O–H groups in total. The van der Waals surface area contributed by atoms with Gasteiger partial charge in [-0.2, -0.15) is 18.3 Å². The number of rotatable bonds is 5. The Balaban J connectivity index is 1.92. The van der Waals surface area contributed by atoms with Crippen molar-refractivity contribution in [2.24, 2.45) is 0 Å². The van der Waals surface area contributed by atoms with Crippen molar-refractivity contribution in [1.29, 1.82) is 0 Å². The van der Waals surface area contributed by atoms with Crippen LogP contribution >= 0.6 is 0 Å². The molecule has 3 rings (SSSR count). The van der Waals surface area contributed by atoms with Crippen LogP contribution in [0.4, 0.5) is 18.9 Å². The lowest BCUT2D eigenvalue weighted by molar-refractivity contribution is -0.143. The fourth-order valence-corrected chi connectivity index (χ4v) is 3.00. The van der Waals surface area contributed by atoms with Crippen LogP contribution in [-0.2, 0) is 10.9 Å². The molecular weight excluding hydrogens is 411 g/mol. The summed E-state index contributed by atoms with van der Waals surface area (Å²) in [5, 5.41) is 3.72. The molecule has 0 radical (unpaired) electrons. The lowest BCUT2D eigenvalue weighted by atomic mass is 10.1. The first kappa shape index (κ1) is 22.1. The Hall–Kier alpha value is -3.62. The number of carbonyl (C=O) groups is 2. The zero-order chi connectivity index (χ0) is 22.8. The molecular formula is C22H20F3N3O3. The van der Waals surface area contributed by atoms with Gasteiger partial charge in [0, 0.05) is 18.3 Å². The number of halogens is 3. The highest BCUT2D eigenvalue weighted by Crippen LogP contribution is 2.34. The first-order chi connectivity index (χ1) is 14.6. The van der Waals surface area contributed by atoms with E-state index in [1.807, 2.05) is 19.1 Å². The van der Waals surface area contributed by atoms with Gasteiger partial charge in [0.1, 0.15) is 5.56 Å². The molecule has 1 aromatic heterocycles. The van der Waals surface area contributed by atoms with Crippen LogP contribution in [0.2, 0.25) is 0 Å². The highest BCUT2D eigenvalue weighted by molar-refractivity contribution is 6.05. The molecule has 0 spiro atoms. The molecule has 1 heterocycles. The van der Waals surface area contributed by atoms with Crippen LogP contribution in [0.3, 0.4) is 0 Å². The second kappa shape index (κ2) is 8.63. The van der Waals surface area contributed by atoms with Gasteiger partial charge in [-0.15, -0.1) is 0 Å². The van der Waals surface area contributed by atoms with Gasteiger partial charge in [-0.3, -0.25) is 4.79 Å². The minimum atomic E-state index is -4.83. The predicted octanol–water partition coefficient (Wildman–Crippen LogP) is 4.65. The summed E-state index contributed by atoms with van der Waals surface area (Å²) in [6.07, 6.45) is -4.01. The topological polar surface area (TPSA) is 64.4 Å². The third kappa shape index (κ3) is 4.60. The molecule has 0 bridgehead atoms. The van der Waals surface area contributed by atoms with Crippen molar-refractivity contribution >= 4 is 17.6 Å². The number of benzene rings is 2. The maximum Gasteiger partial charge on any atom is 0.434 e. The standard InChI is InChI=1S/C22H20F3N3O3/c1-4-31-21(30)18-13-26-28(19(18)22(23,24)25)17-11-7-15(8-12-17)20(29)27(3)16-9-5-14(2)6-10-16/h5-13H,4H2,1-3H3. The Labute approximate surface area is 176 Å². The number of ether oxygens (including phenoxy) is 1. The normalized spacial score (nSPS) is 11.3. The molecule has 2 aromatic carbocycles. The Bertz CT molecular complexity index is 1090. The van der Waals surface area contributed by atoms with E-state index in [0.717, 1.165) is 11.8 Å². The SMILES string of the molecule is CCOC(=O)c1cnn(-c2ccc(C(=O)N(C)c3ccc(C)cc3)cc2)c1C(F)(F)F. The third-order valence-corrected chi connectivity index (χ3v) is 4.62. The van der Waals surface area contributed by atoms with Gasteiger partial charge < -0.3 is 9.64 Å². The second-order valence-electron chi connectivity index (χ2n) is 6.78. The second-order valence-corrected chi connectivity index (χ2v) is 6.78. The molecule has 3 aromatic rings. The Morgan fingerprint density at radius 2 is 1.68 bits per heavy atom. The summed E-state index contributed by atoms with van der Waals surface area (Å²) in [5.74, 6) is -1.42. The number of alkyl halides is 3. The maximum atomic E-state index is 13.6. The van der Waals surface area contributed by atoms with Crippen LogP contribution in [0, 0.1) is 6.92 Å². The molecule has 0 unspecified atom stereocenters. The summed E-state index contributed by atoms with van der Waals surface area (Å²) in [6, 6.07) is 12.9. The number of esters is 1. The summed E-state index contributed by atoms with van der Waals surface area (Å²) >= 11 is 0. The zero-order valence-electron chi connectivity index (χ0n) is 17.1. The van der Waals surface area contributed by atoms with E-state index >= 15 is 0 Å². The smallest absolute Gasteiger partial charge is 0.434 e. The average Bonchev–Trinajstić information content (AvgIpc) is 3.19. The van der Waals surface area contributed by atoms with Gasteiger partial charge in [0.2, 0.25) is 0 Å². The highest BCUT2D eigenvalue weighted by atomic mass is 19.4. The van der Waals surface area contributed by atoms with Gasteiger partial charge in [-0.05, 0) is 50.2 Å². The lowest BCUT2D eigenvalue weighted by Crippen LogP contribution is -2.26. The largest absolute Gasteiger partial charge is 0.462 e. The van der Waals surface area contributed by atoms with E-state index in [1.165, 1.54) is 36.1 Å². The fraction of sp³-hybridized carbons (Fsp3) is 0.227. The van der Waals surface area contributed by atoms with E-state index in [1.54, 1.807) is 19.2 Å². The van der Waals surface area contributed by atoms with Crippen LogP contribution in [0.5, 0.6) is 0 Å². The summed E-state index contributed by atoms with van der Waals surface area (Å²) in [5.41, 5.74) is 0.173. The Morgan fingerprint density at radius 1 is 1.06 bits per heavy atom. The summed E-state index contributed by atoms with van der Waals surface area (Å²) < 4.78 is 46.2. The van der Waals surface area contributed by atoms with Crippen LogP contribution < -0.4 is 4.90 Å². The fourth-order valence-electron chi connectivity index (χ4n) is 3.00. The van der Waals surface area contributed by atoms with Gasteiger partial charge in [-0.25, -0.2) is 9.48 Å². The van der Waals surface area contributed by atoms with Gasteiger partial charge in [-0.1, -0.05) is 17.7 Å². The van der Waals surface area contributed by atoms with Crippen LogP contribution in [-0.4, -0.2) is 35.3 Å². The van der Waals surface area contributed by atoms with Crippen molar-refractivity contribution in [3.63, 3.8) is 0 Å². The van der Waals surface area contributed by atoms with Crippen LogP contribution in [0.1, 0.15) is 38.9 Å². The number of hydrogen-bond acceptors (Lipinski definition) is 4. The van der Waals surface area contributed by atoms with E-state index in [9.17, 15) is 22.8 Å². The number of aryl methyl sites for hydroxylation is 1. The predicted molar refractivity (Wildman–Crippen MR) is 108 cm³/mol. The summed E-state index contributed by atoms with van der Waals surface area (Å²) in [6.45, 7) is 3.37. The van der Waals surface area contributed by atoms with Crippen molar-refractivity contribution in [2.75, 3.05) is 18.6 Å². The first-order valence-electron chi connectivity index (χ1n) is 9.41. The summed E-state index contributed by atoms with van der Waals surface area (Å²) in [4.78, 5) is 26.1. The molecule has 6 nitrogen and oxygen atoms in total. The molecule has 0 atom stereocenters. The van der Waals surface area contributed by atoms with Gasteiger partial charge in [0.25, 0.3) is 5.91 Å². The van der Waals surface area contributed by atoms with Gasteiger partial charge in [0.05, 0.1) is 18.5 Å². The number of anilines is 1. The van der Waals surface area contributed by atoms with E-state index < -0.39 is 23.4 Å². The first-order valence-corrected chi connectivity index (χ1v) is 9.41. The van der Waals surface area contributed by atoms with Crippen molar-refractivity contribution in [3.8, 4) is 5.69 Å². The van der Waals surface area contributed by atoms with E-state index in [0.29, 0.717) is 10.4 Å². The van der Waals surface area contributed by atoms with Crippen molar-refractivity contribution in [2.45, 2.75) is 20.0 Å². The number of aromatic nitrogens is 2. The molecule has 0 aliphatic heterocycles. The van der Waals surface area contributed by atoms with Gasteiger partial charge in [0.15, 0.2) is 5.69 Å². The molecule has 31 heavy (non-hydrogen) atoms. The quantitative estimate of drug-likeness (QED) is 0.552. The molecule has 0 aliphatic carbocycles. The van der Waals surface area contributed by atoms with Crippen LogP contribution in [0.25, 0.3) is 5.69 Å². The Kier molecular flexibility index (Phi) is 6.14. The minimum absolute atomic E-state index is 0.0532. The summed E-state index contributed by atoms with van der Waals surface area (Å²) in [7, 11) is 1.61. The molecule has 0 saturated carbocycles. The molecule has 9 heteroatoms. The third-order valence-electron chi connectivity index (χ3n) is 4.62. The minimum Gasteiger partial charge on any atom is -0.462 e. The monoisotopic (exact) mass is 431 g/mol. The molecule has 0 aliphatic rings. The van der Waals surface area contributed by atoms with Crippen molar-refractivity contribution in [3.05, 3.63) is 77.1 Å². The van der Waals surface area contributed by atoms with Crippen molar-refractivity contribution < 1.29 is 27.5 Å². The number of hydrogen-bond donors (Lipinski definition) is 0. The number of amides is 1. The van der Waals surface area contributed by atoms with Crippen molar-refractivity contribution in [1.82, 2.24) is 9.78 Å². The molecule has 162 valence electrons. The van der Waals surface area contributed by atoms with E-state index in [2.05, 4.69) is 5.10 Å². The van der Waals surface area contributed by atoms with Gasteiger partial charge >= 0.3 is 12.1 Å². The average molecular weight is 431 g/mol. The van der Waals surface area contributed by atoms with E-state index in [-0.39, 0.29) is 23.8 Å². The highest BCUT2D eigenvalue weighted by Gasteiger charge is 2.41. The number of nitrogens with zero attached hydrogens (tertiary/aromatic N) is 3. The molecule has 0 saturated heterocycles. The zero-order valence-corrected chi connectivity index (χ0v) is 17.1.